The largest absolute Gasteiger partial charge is 0.465 e. The van der Waals surface area contributed by atoms with E-state index in [4.69, 9.17) is 4.74 Å². The summed E-state index contributed by atoms with van der Waals surface area (Å²) in [5, 5.41) is 0. The number of benzene rings is 1. The third-order valence-electron chi connectivity index (χ3n) is 2.95. The smallest absolute Gasteiger partial charge is 0.433 e. The van der Waals surface area contributed by atoms with Crippen molar-refractivity contribution in [1.29, 1.82) is 0 Å². The maximum Gasteiger partial charge on any atom is 0.433 e. The van der Waals surface area contributed by atoms with Crippen molar-refractivity contribution in [2.45, 2.75) is 12.6 Å². The van der Waals surface area contributed by atoms with Gasteiger partial charge in [0.2, 0.25) is 0 Å². The van der Waals surface area contributed by atoms with E-state index in [1.165, 1.54) is 7.11 Å². The van der Waals surface area contributed by atoms with Crippen molar-refractivity contribution < 1.29 is 27.4 Å². The van der Waals surface area contributed by atoms with Crippen LogP contribution in [0, 0.1) is 0 Å². The fourth-order valence-corrected chi connectivity index (χ4v) is 1.87. The molecule has 2 aromatic rings. The third kappa shape index (κ3) is 4.41. The summed E-state index contributed by atoms with van der Waals surface area (Å²) in [7, 11) is 1.27. The summed E-state index contributed by atoms with van der Waals surface area (Å²) in [6.45, 7) is 0.0231. The zero-order valence-electron chi connectivity index (χ0n) is 12.1. The Hall–Kier alpha value is -2.64. The van der Waals surface area contributed by atoms with Crippen molar-refractivity contribution >= 4 is 5.97 Å². The van der Waals surface area contributed by atoms with Gasteiger partial charge in [0.15, 0.2) is 5.69 Å². The molecule has 0 fully saturated rings. The molecular formula is C15H13F3N2O3. The van der Waals surface area contributed by atoms with E-state index in [-0.39, 0.29) is 12.6 Å². The first kappa shape index (κ1) is 16.7. The second kappa shape index (κ2) is 7.08. The molecule has 0 saturated heterocycles. The molecule has 122 valence electrons. The van der Waals surface area contributed by atoms with Gasteiger partial charge in [0.1, 0.15) is 0 Å². The lowest BCUT2D eigenvalue weighted by molar-refractivity contribution is -0.141. The molecule has 0 bridgehead atoms. The van der Waals surface area contributed by atoms with Gasteiger partial charge in [-0.1, -0.05) is 18.2 Å². The maximum absolute atomic E-state index is 12.5. The van der Waals surface area contributed by atoms with Crippen LogP contribution in [0.25, 0.3) is 0 Å². The fraction of sp³-hybridized carbons (Fsp3) is 0.267. The van der Waals surface area contributed by atoms with Crippen molar-refractivity contribution in [3.05, 3.63) is 53.3 Å². The van der Waals surface area contributed by atoms with Crippen LogP contribution in [0.2, 0.25) is 0 Å². The number of esters is 1. The number of hydrogen-bond acceptors (Lipinski definition) is 5. The van der Waals surface area contributed by atoms with E-state index in [0.717, 1.165) is 12.3 Å². The molecule has 0 N–H and O–H groups in total. The van der Waals surface area contributed by atoms with Gasteiger partial charge in [0, 0.05) is 12.6 Å². The molecule has 0 unspecified atom stereocenters. The summed E-state index contributed by atoms with van der Waals surface area (Å²) < 4.78 is 47.4. The quantitative estimate of drug-likeness (QED) is 0.791. The Bertz CT molecular complexity index is 690. The third-order valence-corrected chi connectivity index (χ3v) is 2.95. The van der Waals surface area contributed by atoms with Crippen LogP contribution in [0.1, 0.15) is 21.6 Å². The van der Waals surface area contributed by atoms with Crippen LogP contribution >= 0.6 is 0 Å². The van der Waals surface area contributed by atoms with Gasteiger partial charge in [-0.05, 0) is 17.7 Å². The summed E-state index contributed by atoms with van der Waals surface area (Å²) in [6.07, 6.45) is -3.28. The van der Waals surface area contributed by atoms with Gasteiger partial charge in [-0.25, -0.2) is 9.78 Å². The normalized spacial score (nSPS) is 11.1. The minimum absolute atomic E-state index is 0.0231. The van der Waals surface area contributed by atoms with Gasteiger partial charge in [-0.2, -0.15) is 18.2 Å². The molecule has 2 rings (SSSR count). The van der Waals surface area contributed by atoms with Crippen LogP contribution in [0.4, 0.5) is 13.2 Å². The Balaban J connectivity index is 2.02. The molecule has 1 heterocycles. The van der Waals surface area contributed by atoms with Crippen molar-refractivity contribution in [3.63, 3.8) is 0 Å². The van der Waals surface area contributed by atoms with Gasteiger partial charge in [0.05, 0.1) is 19.3 Å². The van der Waals surface area contributed by atoms with Gasteiger partial charge in [0.25, 0.3) is 0 Å². The highest BCUT2D eigenvalue weighted by Crippen LogP contribution is 2.27. The summed E-state index contributed by atoms with van der Waals surface area (Å²) in [5.74, 6) is -0.490. The number of halogens is 3. The van der Waals surface area contributed by atoms with Crippen LogP contribution in [-0.2, 0) is 17.3 Å². The summed E-state index contributed by atoms with van der Waals surface area (Å²) in [5.41, 5.74) is -0.0349. The van der Waals surface area contributed by atoms with E-state index >= 15 is 0 Å². The van der Waals surface area contributed by atoms with Crippen LogP contribution in [0.5, 0.6) is 6.01 Å². The Morgan fingerprint density at radius 1 is 1.22 bits per heavy atom. The van der Waals surface area contributed by atoms with Gasteiger partial charge < -0.3 is 9.47 Å². The molecule has 1 aromatic carbocycles. The molecule has 0 saturated carbocycles. The average molecular weight is 326 g/mol. The highest BCUT2D eigenvalue weighted by atomic mass is 19.4. The molecule has 1 aromatic heterocycles. The lowest BCUT2D eigenvalue weighted by atomic mass is 10.1. The van der Waals surface area contributed by atoms with Crippen LogP contribution in [0.3, 0.4) is 0 Å². The Kier molecular flexibility index (Phi) is 5.15. The molecule has 0 aliphatic rings. The first-order chi connectivity index (χ1) is 10.9. The summed E-state index contributed by atoms with van der Waals surface area (Å²) in [6, 6.07) is 7.13. The minimum Gasteiger partial charge on any atom is -0.465 e. The summed E-state index contributed by atoms with van der Waals surface area (Å²) in [4.78, 5) is 18.5. The maximum atomic E-state index is 12.5. The molecule has 5 nitrogen and oxygen atoms in total. The predicted molar refractivity (Wildman–Crippen MR) is 74.0 cm³/mol. The second-order valence-electron chi connectivity index (χ2n) is 4.47. The van der Waals surface area contributed by atoms with E-state index in [1.54, 1.807) is 24.3 Å². The molecule has 0 aliphatic carbocycles. The van der Waals surface area contributed by atoms with E-state index < -0.39 is 17.8 Å². The molecule has 0 amide bonds. The molecule has 8 heteroatoms. The minimum atomic E-state index is -4.56. The number of carbonyl (C=O) groups excluding carboxylic acids is 1. The van der Waals surface area contributed by atoms with Crippen LogP contribution in [-0.4, -0.2) is 29.7 Å². The zero-order valence-corrected chi connectivity index (χ0v) is 12.1. The number of hydrogen-bond donors (Lipinski definition) is 0. The number of aromatic nitrogens is 2. The van der Waals surface area contributed by atoms with Gasteiger partial charge in [-0.3, -0.25) is 0 Å². The van der Waals surface area contributed by atoms with Crippen molar-refractivity contribution in [3.8, 4) is 6.01 Å². The van der Waals surface area contributed by atoms with E-state index in [9.17, 15) is 18.0 Å². The standard InChI is InChI=1S/C15H13F3N2O3/c1-22-13(21)11-5-3-2-4-10(11)7-9-23-14-19-8-6-12(20-14)15(16,17)18/h2-6,8H,7,9H2,1H3. The molecule has 0 radical (unpaired) electrons. The van der Waals surface area contributed by atoms with Crippen molar-refractivity contribution in [1.82, 2.24) is 9.97 Å². The van der Waals surface area contributed by atoms with E-state index in [0.29, 0.717) is 17.5 Å². The fourth-order valence-electron chi connectivity index (χ4n) is 1.87. The Morgan fingerprint density at radius 2 is 1.96 bits per heavy atom. The summed E-state index contributed by atoms with van der Waals surface area (Å²) >= 11 is 0. The number of rotatable bonds is 5. The van der Waals surface area contributed by atoms with Crippen LogP contribution < -0.4 is 4.74 Å². The number of alkyl halides is 3. The molecule has 0 atom stereocenters. The number of nitrogens with zero attached hydrogens (tertiary/aromatic N) is 2. The van der Waals surface area contributed by atoms with E-state index in [2.05, 4.69) is 14.7 Å². The van der Waals surface area contributed by atoms with Gasteiger partial charge >= 0.3 is 18.2 Å². The highest BCUT2D eigenvalue weighted by Gasteiger charge is 2.33. The number of methoxy groups -OCH3 is 1. The van der Waals surface area contributed by atoms with Gasteiger partial charge in [-0.15, -0.1) is 0 Å². The lowest BCUT2D eigenvalue weighted by Crippen LogP contribution is -2.12. The number of carbonyl (C=O) groups is 1. The Labute approximate surface area is 130 Å². The number of ether oxygens (including phenoxy) is 2. The molecule has 0 spiro atoms. The van der Waals surface area contributed by atoms with Crippen molar-refractivity contribution in [2.75, 3.05) is 13.7 Å². The highest BCUT2D eigenvalue weighted by molar-refractivity contribution is 5.90. The zero-order chi connectivity index (χ0) is 16.9. The first-order valence-corrected chi connectivity index (χ1v) is 6.61. The lowest BCUT2D eigenvalue weighted by Gasteiger charge is -2.09. The first-order valence-electron chi connectivity index (χ1n) is 6.61. The Morgan fingerprint density at radius 3 is 2.65 bits per heavy atom. The topological polar surface area (TPSA) is 61.3 Å². The molecule has 0 aliphatic heterocycles. The average Bonchev–Trinajstić information content (AvgIpc) is 2.54. The molecular weight excluding hydrogens is 313 g/mol. The monoisotopic (exact) mass is 326 g/mol. The second-order valence-corrected chi connectivity index (χ2v) is 4.47. The molecule has 23 heavy (non-hydrogen) atoms. The predicted octanol–water partition coefficient (Wildman–Crippen LogP) is 2.90. The van der Waals surface area contributed by atoms with E-state index in [1.807, 2.05) is 0 Å². The SMILES string of the molecule is COC(=O)c1ccccc1CCOc1nccc(C(F)(F)F)n1. The van der Waals surface area contributed by atoms with Crippen molar-refractivity contribution in [2.24, 2.45) is 0 Å². The van der Waals surface area contributed by atoms with Crippen LogP contribution in [0.15, 0.2) is 36.5 Å².